The van der Waals surface area contributed by atoms with Crippen LogP contribution in [0.2, 0.25) is 5.02 Å². The van der Waals surface area contributed by atoms with Gasteiger partial charge < -0.3 is 9.32 Å². The molecule has 0 saturated carbocycles. The fourth-order valence-corrected chi connectivity index (χ4v) is 3.97. The van der Waals surface area contributed by atoms with Gasteiger partial charge in [-0.3, -0.25) is 4.79 Å². The van der Waals surface area contributed by atoms with Gasteiger partial charge in [0.15, 0.2) is 11.7 Å². The molecule has 150 valence electrons. The number of oxazole rings is 1. The summed E-state index contributed by atoms with van der Waals surface area (Å²) in [7, 11) is 0. The Labute approximate surface area is 174 Å². The third kappa shape index (κ3) is 4.85. The van der Waals surface area contributed by atoms with Crippen LogP contribution in [0.1, 0.15) is 30.7 Å². The second-order valence-electron chi connectivity index (χ2n) is 7.34. The zero-order chi connectivity index (χ0) is 20.2. The van der Waals surface area contributed by atoms with Gasteiger partial charge in [-0.05, 0) is 61.2 Å². The molecule has 0 radical (unpaired) electrons. The summed E-state index contributed by atoms with van der Waals surface area (Å²) in [5.41, 5.74) is 1.82. The molecule has 2 heterocycles. The molecule has 1 aromatic heterocycles. The van der Waals surface area contributed by atoms with E-state index in [0.717, 1.165) is 30.5 Å². The minimum Gasteiger partial charge on any atom is -0.441 e. The minimum absolute atomic E-state index is 0.0927. The van der Waals surface area contributed by atoms with E-state index in [2.05, 4.69) is 4.98 Å². The summed E-state index contributed by atoms with van der Waals surface area (Å²) in [4.78, 5) is 19.0. The normalized spacial score (nSPS) is 16.3. The molecule has 0 N–H and O–H groups in total. The molecule has 3 aromatic rings. The number of rotatable bonds is 6. The van der Waals surface area contributed by atoms with E-state index >= 15 is 0 Å². The summed E-state index contributed by atoms with van der Waals surface area (Å²) in [6, 6.07) is 14.1. The van der Waals surface area contributed by atoms with Gasteiger partial charge in [-0.25, -0.2) is 9.37 Å². The third-order valence-electron chi connectivity index (χ3n) is 5.29. The van der Waals surface area contributed by atoms with Crippen molar-refractivity contribution in [1.29, 1.82) is 0 Å². The van der Waals surface area contributed by atoms with Gasteiger partial charge in [-0.2, -0.15) is 0 Å². The van der Waals surface area contributed by atoms with Gasteiger partial charge in [0.25, 0.3) is 0 Å². The molecule has 2 aromatic carbocycles. The van der Waals surface area contributed by atoms with Gasteiger partial charge >= 0.3 is 0 Å². The first-order chi connectivity index (χ1) is 14.1. The van der Waals surface area contributed by atoms with Crippen molar-refractivity contribution in [2.45, 2.75) is 38.1 Å². The number of benzene rings is 2. The van der Waals surface area contributed by atoms with Crippen LogP contribution in [0.15, 0.2) is 59.1 Å². The number of amides is 1. The third-order valence-corrected chi connectivity index (χ3v) is 5.54. The first-order valence-corrected chi connectivity index (χ1v) is 10.2. The molecule has 0 bridgehead atoms. The molecule has 1 aliphatic heterocycles. The number of hydrogen-bond acceptors (Lipinski definition) is 3. The zero-order valence-electron chi connectivity index (χ0n) is 16.0. The average Bonchev–Trinajstić information content (AvgIpc) is 3.36. The Balaban J connectivity index is 1.35. The van der Waals surface area contributed by atoms with Crippen molar-refractivity contribution >= 4 is 17.5 Å². The highest BCUT2D eigenvalue weighted by Crippen LogP contribution is 2.25. The number of aryl methyl sites for hydroxylation is 1. The van der Waals surface area contributed by atoms with Crippen molar-refractivity contribution in [3.8, 4) is 11.3 Å². The molecular formula is C23H22ClFN2O2. The quantitative estimate of drug-likeness (QED) is 0.551. The monoisotopic (exact) mass is 412 g/mol. The predicted octanol–water partition coefficient (Wildman–Crippen LogP) is 5.30. The number of likely N-dealkylation sites (tertiary alicyclic amines) is 1. The molecular weight excluding hydrogens is 391 g/mol. The lowest BCUT2D eigenvalue weighted by atomic mass is 10.0. The molecule has 6 heteroatoms. The fraction of sp³-hybridized carbons (Fsp3) is 0.304. The fourth-order valence-electron chi connectivity index (χ4n) is 3.84. The summed E-state index contributed by atoms with van der Waals surface area (Å²) in [6.45, 7) is 0.750. The standard InChI is InChI=1S/C23H22ClFN2O2/c24-18-8-6-17(7-9-18)21-15-26-22(29-21)10-11-23(28)27-12-2-5-20(27)14-16-3-1-4-19(25)13-16/h1,3-4,6-9,13,15,20H,2,5,10-12,14H2. The van der Waals surface area contributed by atoms with Crippen LogP contribution < -0.4 is 0 Å². The second kappa shape index (κ2) is 8.78. The first kappa shape index (κ1) is 19.6. The average molecular weight is 413 g/mol. The van der Waals surface area contributed by atoms with E-state index < -0.39 is 0 Å². The first-order valence-electron chi connectivity index (χ1n) is 9.83. The molecule has 0 aliphatic carbocycles. The number of carbonyl (C=O) groups is 1. The van der Waals surface area contributed by atoms with Crippen molar-refractivity contribution in [2.24, 2.45) is 0 Å². The van der Waals surface area contributed by atoms with E-state index in [1.807, 2.05) is 23.1 Å². The smallest absolute Gasteiger partial charge is 0.223 e. The van der Waals surface area contributed by atoms with Crippen molar-refractivity contribution in [3.63, 3.8) is 0 Å². The lowest BCUT2D eigenvalue weighted by molar-refractivity contribution is -0.132. The molecule has 1 atom stereocenters. The van der Waals surface area contributed by atoms with Gasteiger partial charge in [0.05, 0.1) is 6.20 Å². The van der Waals surface area contributed by atoms with Crippen LogP contribution in [0.3, 0.4) is 0 Å². The number of aromatic nitrogens is 1. The molecule has 4 rings (SSSR count). The SMILES string of the molecule is O=C(CCc1ncc(-c2ccc(Cl)cc2)o1)N1CCCC1Cc1cccc(F)c1. The Kier molecular flexibility index (Phi) is 5.95. The van der Waals surface area contributed by atoms with E-state index in [-0.39, 0.29) is 17.8 Å². The largest absolute Gasteiger partial charge is 0.441 e. The van der Waals surface area contributed by atoms with E-state index in [4.69, 9.17) is 16.0 Å². The predicted molar refractivity (Wildman–Crippen MR) is 110 cm³/mol. The second-order valence-corrected chi connectivity index (χ2v) is 7.78. The number of hydrogen-bond donors (Lipinski definition) is 0. The van der Waals surface area contributed by atoms with Crippen molar-refractivity contribution in [3.05, 3.63) is 77.0 Å². The van der Waals surface area contributed by atoms with Crippen LogP contribution >= 0.6 is 11.6 Å². The van der Waals surface area contributed by atoms with Gasteiger partial charge in [0.1, 0.15) is 5.82 Å². The maximum absolute atomic E-state index is 13.4. The Bertz CT molecular complexity index is 987. The molecule has 1 fully saturated rings. The van der Waals surface area contributed by atoms with Crippen LogP contribution in [0.4, 0.5) is 4.39 Å². The summed E-state index contributed by atoms with van der Waals surface area (Å²) in [5, 5.41) is 0.664. The molecule has 4 nitrogen and oxygen atoms in total. The highest BCUT2D eigenvalue weighted by atomic mass is 35.5. The maximum Gasteiger partial charge on any atom is 0.223 e. The molecule has 0 spiro atoms. The van der Waals surface area contributed by atoms with Crippen molar-refractivity contribution in [2.75, 3.05) is 6.54 Å². The lowest BCUT2D eigenvalue weighted by Gasteiger charge is -2.25. The summed E-state index contributed by atoms with van der Waals surface area (Å²) < 4.78 is 19.2. The van der Waals surface area contributed by atoms with Crippen molar-refractivity contribution in [1.82, 2.24) is 9.88 Å². The number of carbonyl (C=O) groups excluding carboxylic acids is 1. The van der Waals surface area contributed by atoms with Gasteiger partial charge in [-0.15, -0.1) is 0 Å². The Hall–Kier alpha value is -2.66. The molecule has 1 saturated heterocycles. The summed E-state index contributed by atoms with van der Waals surface area (Å²) in [6.07, 6.45) is 5.08. The lowest BCUT2D eigenvalue weighted by Crippen LogP contribution is -2.37. The minimum atomic E-state index is -0.237. The molecule has 1 aliphatic rings. The highest BCUT2D eigenvalue weighted by molar-refractivity contribution is 6.30. The molecule has 29 heavy (non-hydrogen) atoms. The van der Waals surface area contributed by atoms with Crippen LogP contribution in [0.25, 0.3) is 11.3 Å². The zero-order valence-corrected chi connectivity index (χ0v) is 16.7. The van der Waals surface area contributed by atoms with E-state index in [9.17, 15) is 9.18 Å². The Morgan fingerprint density at radius 2 is 2.07 bits per heavy atom. The van der Waals surface area contributed by atoms with E-state index in [0.29, 0.717) is 35.9 Å². The van der Waals surface area contributed by atoms with Crippen LogP contribution in [-0.2, 0) is 17.6 Å². The number of nitrogens with zero attached hydrogens (tertiary/aromatic N) is 2. The summed E-state index contributed by atoms with van der Waals surface area (Å²) >= 11 is 5.91. The van der Waals surface area contributed by atoms with Crippen LogP contribution in [-0.4, -0.2) is 28.4 Å². The van der Waals surface area contributed by atoms with Gasteiger partial charge in [0, 0.05) is 36.0 Å². The van der Waals surface area contributed by atoms with Crippen LogP contribution in [0, 0.1) is 5.82 Å². The van der Waals surface area contributed by atoms with E-state index in [1.165, 1.54) is 6.07 Å². The molecule has 1 amide bonds. The summed E-state index contributed by atoms with van der Waals surface area (Å²) in [5.74, 6) is 1.06. The Morgan fingerprint density at radius 3 is 2.86 bits per heavy atom. The molecule has 1 unspecified atom stereocenters. The Morgan fingerprint density at radius 1 is 1.24 bits per heavy atom. The topological polar surface area (TPSA) is 46.3 Å². The van der Waals surface area contributed by atoms with Gasteiger partial charge in [0.2, 0.25) is 5.91 Å². The van der Waals surface area contributed by atoms with Gasteiger partial charge in [-0.1, -0.05) is 23.7 Å². The highest BCUT2D eigenvalue weighted by Gasteiger charge is 2.28. The maximum atomic E-state index is 13.4. The number of halogens is 2. The van der Waals surface area contributed by atoms with Crippen molar-refractivity contribution < 1.29 is 13.6 Å². The van der Waals surface area contributed by atoms with E-state index in [1.54, 1.807) is 30.5 Å². The van der Waals surface area contributed by atoms with Crippen LogP contribution in [0.5, 0.6) is 0 Å².